The van der Waals surface area contributed by atoms with Crippen molar-refractivity contribution in [1.82, 2.24) is 0 Å². The van der Waals surface area contributed by atoms with Crippen LogP contribution in [0, 0.1) is 0 Å². The van der Waals surface area contributed by atoms with Crippen LogP contribution in [0.4, 0.5) is 5.69 Å². The van der Waals surface area contributed by atoms with Crippen LogP contribution < -0.4 is 10.2 Å². The lowest BCUT2D eigenvalue weighted by Crippen LogP contribution is -2.06. The van der Waals surface area contributed by atoms with E-state index in [-0.39, 0.29) is 0 Å². The summed E-state index contributed by atoms with van der Waals surface area (Å²) >= 11 is 0. The van der Waals surface area contributed by atoms with Crippen LogP contribution in [0.3, 0.4) is 0 Å². The predicted molar refractivity (Wildman–Crippen MR) is 81.7 cm³/mol. The van der Waals surface area contributed by atoms with Crippen LogP contribution in [0.1, 0.15) is 6.92 Å². The van der Waals surface area contributed by atoms with E-state index >= 15 is 0 Å². The van der Waals surface area contributed by atoms with Crippen molar-refractivity contribution in [3.8, 4) is 11.5 Å². The molecule has 0 heterocycles. The highest BCUT2D eigenvalue weighted by atomic mass is 16.5. The van der Waals surface area contributed by atoms with Gasteiger partial charge < -0.3 is 9.47 Å². The minimum Gasteiger partial charge on any atom is -0.462 e. The summed E-state index contributed by atoms with van der Waals surface area (Å²) in [5.74, 6) is 1.02. The van der Waals surface area contributed by atoms with Crippen molar-refractivity contribution in [2.24, 2.45) is 5.10 Å². The van der Waals surface area contributed by atoms with Crippen LogP contribution in [0.5, 0.6) is 11.5 Å². The fraction of sp³-hybridized carbons (Fsp3) is 0.125. The number of anilines is 1. The zero-order valence-corrected chi connectivity index (χ0v) is 11.7. The number of hydrogen-bond acceptors (Lipinski definition) is 5. The molecule has 0 aliphatic heterocycles. The molecule has 0 bridgehead atoms. The van der Waals surface area contributed by atoms with E-state index in [1.165, 1.54) is 0 Å². The Morgan fingerprint density at radius 2 is 1.76 bits per heavy atom. The Hall–Kier alpha value is -2.82. The van der Waals surface area contributed by atoms with Crippen molar-refractivity contribution in [1.29, 1.82) is 0 Å². The number of benzene rings is 2. The third-order valence-electron chi connectivity index (χ3n) is 2.48. The number of para-hydroxylation sites is 1. The molecule has 0 saturated carbocycles. The number of hydrogen-bond donors (Lipinski definition) is 1. The van der Waals surface area contributed by atoms with Crippen LogP contribution in [0.25, 0.3) is 0 Å². The van der Waals surface area contributed by atoms with Crippen LogP contribution in [-0.2, 0) is 9.53 Å². The number of esters is 1. The lowest BCUT2D eigenvalue weighted by molar-refractivity contribution is -0.134. The highest BCUT2D eigenvalue weighted by Gasteiger charge is 1.97. The monoisotopic (exact) mass is 284 g/mol. The van der Waals surface area contributed by atoms with E-state index in [1.54, 1.807) is 19.1 Å². The van der Waals surface area contributed by atoms with E-state index in [1.807, 2.05) is 42.5 Å². The molecule has 0 aliphatic carbocycles. The van der Waals surface area contributed by atoms with Gasteiger partial charge in [-0.2, -0.15) is 5.10 Å². The standard InChI is InChI=1S/C16H16N2O3/c1-2-20-16(19)12-17-18-13-8-10-15(11-9-13)21-14-6-4-3-5-7-14/h3-12,18H,2H2,1H3. The largest absolute Gasteiger partial charge is 0.462 e. The van der Waals surface area contributed by atoms with Crippen LogP contribution in [0.2, 0.25) is 0 Å². The van der Waals surface area contributed by atoms with Gasteiger partial charge in [0.1, 0.15) is 17.7 Å². The van der Waals surface area contributed by atoms with Crippen LogP contribution in [0.15, 0.2) is 59.7 Å². The highest BCUT2D eigenvalue weighted by Crippen LogP contribution is 2.22. The maximum Gasteiger partial charge on any atom is 0.351 e. The molecule has 2 aromatic carbocycles. The van der Waals surface area contributed by atoms with Crippen molar-refractivity contribution < 1.29 is 14.3 Å². The van der Waals surface area contributed by atoms with Gasteiger partial charge in [0, 0.05) is 0 Å². The Labute approximate surface area is 123 Å². The molecule has 2 aromatic rings. The third-order valence-corrected chi connectivity index (χ3v) is 2.48. The first-order valence-electron chi connectivity index (χ1n) is 6.56. The lowest BCUT2D eigenvalue weighted by atomic mass is 10.3. The summed E-state index contributed by atoms with van der Waals surface area (Å²) in [6, 6.07) is 16.8. The molecule has 0 atom stereocenters. The van der Waals surface area contributed by atoms with E-state index in [9.17, 15) is 4.79 Å². The average Bonchev–Trinajstić information content (AvgIpc) is 2.50. The number of ether oxygens (including phenoxy) is 2. The maximum absolute atomic E-state index is 11.1. The zero-order valence-electron chi connectivity index (χ0n) is 11.7. The summed E-state index contributed by atoms with van der Waals surface area (Å²) in [5.41, 5.74) is 3.48. The summed E-state index contributed by atoms with van der Waals surface area (Å²) in [5, 5.41) is 3.78. The lowest BCUT2D eigenvalue weighted by Gasteiger charge is -2.06. The summed E-state index contributed by atoms with van der Waals surface area (Å²) in [7, 11) is 0. The van der Waals surface area contributed by atoms with Crippen molar-refractivity contribution >= 4 is 17.9 Å². The molecule has 5 heteroatoms. The van der Waals surface area contributed by atoms with Gasteiger partial charge in [-0.25, -0.2) is 4.79 Å². The van der Waals surface area contributed by atoms with E-state index in [0.717, 1.165) is 23.4 Å². The Morgan fingerprint density at radius 3 is 2.43 bits per heavy atom. The zero-order chi connectivity index (χ0) is 14.9. The molecule has 0 spiro atoms. The third kappa shape index (κ3) is 4.99. The van der Waals surface area contributed by atoms with E-state index in [2.05, 4.69) is 10.5 Å². The predicted octanol–water partition coefficient (Wildman–Crippen LogP) is 3.44. The molecule has 1 N–H and O–H groups in total. The van der Waals surface area contributed by atoms with Gasteiger partial charge in [-0.3, -0.25) is 5.43 Å². The molecule has 2 rings (SSSR count). The Kier molecular flexibility index (Phi) is 5.34. The van der Waals surface area contributed by atoms with Gasteiger partial charge in [-0.15, -0.1) is 0 Å². The summed E-state index contributed by atoms with van der Waals surface area (Å²) in [4.78, 5) is 11.1. The normalized spacial score (nSPS) is 10.3. The number of rotatable bonds is 6. The topological polar surface area (TPSA) is 59.9 Å². The number of hydrazone groups is 1. The van der Waals surface area contributed by atoms with E-state index in [4.69, 9.17) is 9.47 Å². The molecule has 5 nitrogen and oxygen atoms in total. The van der Waals surface area contributed by atoms with Crippen molar-refractivity contribution in [2.45, 2.75) is 6.92 Å². The van der Waals surface area contributed by atoms with E-state index < -0.39 is 5.97 Å². The molecule has 0 amide bonds. The van der Waals surface area contributed by atoms with Gasteiger partial charge in [0.25, 0.3) is 0 Å². The maximum atomic E-state index is 11.1. The summed E-state index contributed by atoms with van der Waals surface area (Å²) < 4.78 is 10.4. The minimum atomic E-state index is -0.478. The van der Waals surface area contributed by atoms with Gasteiger partial charge in [0.05, 0.1) is 12.3 Å². The van der Waals surface area contributed by atoms with Crippen molar-refractivity contribution in [3.05, 3.63) is 54.6 Å². The number of carbonyl (C=O) groups is 1. The first-order valence-corrected chi connectivity index (χ1v) is 6.56. The van der Waals surface area contributed by atoms with Crippen LogP contribution in [-0.4, -0.2) is 18.8 Å². The molecule has 0 aliphatic rings. The molecular formula is C16H16N2O3. The second kappa shape index (κ2) is 7.69. The first-order chi connectivity index (χ1) is 10.3. The Bertz CT molecular complexity index is 595. The molecule has 0 saturated heterocycles. The fourth-order valence-corrected chi connectivity index (χ4v) is 1.56. The number of nitrogens with one attached hydrogen (secondary N) is 1. The summed E-state index contributed by atoms with van der Waals surface area (Å²) in [6.07, 6.45) is 1.10. The van der Waals surface area contributed by atoms with Gasteiger partial charge in [-0.1, -0.05) is 18.2 Å². The quantitative estimate of drug-likeness (QED) is 0.501. The van der Waals surface area contributed by atoms with Crippen molar-refractivity contribution in [3.63, 3.8) is 0 Å². The molecule has 0 radical (unpaired) electrons. The highest BCUT2D eigenvalue weighted by molar-refractivity contribution is 6.23. The van der Waals surface area contributed by atoms with Gasteiger partial charge in [-0.05, 0) is 43.3 Å². The van der Waals surface area contributed by atoms with Gasteiger partial charge >= 0.3 is 5.97 Å². The summed E-state index contributed by atoms with van der Waals surface area (Å²) in [6.45, 7) is 2.07. The molecular weight excluding hydrogens is 268 g/mol. The Balaban J connectivity index is 1.89. The molecule has 0 fully saturated rings. The molecule has 0 unspecified atom stereocenters. The number of nitrogens with zero attached hydrogens (tertiary/aromatic N) is 1. The fourth-order valence-electron chi connectivity index (χ4n) is 1.56. The second-order valence-corrected chi connectivity index (χ2v) is 4.06. The minimum absolute atomic E-state index is 0.330. The smallest absolute Gasteiger partial charge is 0.351 e. The van der Waals surface area contributed by atoms with Gasteiger partial charge in [0.2, 0.25) is 0 Å². The molecule has 0 aromatic heterocycles. The van der Waals surface area contributed by atoms with Crippen molar-refractivity contribution in [2.75, 3.05) is 12.0 Å². The number of carbonyl (C=O) groups excluding carboxylic acids is 1. The molecule has 108 valence electrons. The van der Waals surface area contributed by atoms with Gasteiger partial charge in [0.15, 0.2) is 0 Å². The SMILES string of the molecule is CCOC(=O)C=NNc1ccc(Oc2ccccc2)cc1. The second-order valence-electron chi connectivity index (χ2n) is 4.06. The first kappa shape index (κ1) is 14.6. The van der Waals surface area contributed by atoms with E-state index in [0.29, 0.717) is 6.61 Å². The molecule has 21 heavy (non-hydrogen) atoms. The average molecular weight is 284 g/mol. The van der Waals surface area contributed by atoms with Crippen LogP contribution >= 0.6 is 0 Å². The Morgan fingerprint density at radius 1 is 1.10 bits per heavy atom.